The van der Waals surface area contributed by atoms with Crippen molar-refractivity contribution in [2.24, 2.45) is 5.73 Å². The highest BCUT2D eigenvalue weighted by atomic mass is 16.1. The summed E-state index contributed by atoms with van der Waals surface area (Å²) < 4.78 is 0. The van der Waals surface area contributed by atoms with Crippen molar-refractivity contribution in [3.63, 3.8) is 0 Å². The lowest BCUT2D eigenvalue weighted by Crippen LogP contribution is -2.17. The molecule has 3 rings (SSSR count). The summed E-state index contributed by atoms with van der Waals surface area (Å²) in [6.45, 7) is 0.515. The third kappa shape index (κ3) is 2.44. The van der Waals surface area contributed by atoms with E-state index in [1.807, 2.05) is 0 Å². The van der Waals surface area contributed by atoms with E-state index in [0.717, 1.165) is 24.4 Å². The van der Waals surface area contributed by atoms with Crippen molar-refractivity contribution < 1.29 is 0 Å². The van der Waals surface area contributed by atoms with Gasteiger partial charge >= 0.3 is 0 Å². The molecular weight excluding hydrogens is 238 g/mol. The van der Waals surface area contributed by atoms with Gasteiger partial charge in [-0.05, 0) is 30.5 Å². The summed E-state index contributed by atoms with van der Waals surface area (Å²) in [5.41, 5.74) is 8.96. The van der Waals surface area contributed by atoms with E-state index in [0.29, 0.717) is 13.0 Å². The molecule has 0 saturated heterocycles. The van der Waals surface area contributed by atoms with Gasteiger partial charge in [0.25, 0.3) is 5.56 Å². The van der Waals surface area contributed by atoms with E-state index in [1.165, 1.54) is 11.1 Å². The van der Waals surface area contributed by atoms with Crippen LogP contribution in [-0.2, 0) is 19.3 Å². The monoisotopic (exact) mass is 255 g/mol. The molecule has 1 aromatic carbocycles. The van der Waals surface area contributed by atoms with Gasteiger partial charge in [0, 0.05) is 24.1 Å². The summed E-state index contributed by atoms with van der Waals surface area (Å²) in [7, 11) is 0. The maximum Gasteiger partial charge on any atom is 0.251 e. The number of H-pyrrole nitrogens is 1. The minimum absolute atomic E-state index is 0.0793. The number of nitrogens with one attached hydrogen (secondary N) is 1. The largest absolute Gasteiger partial charge is 0.330 e. The highest BCUT2D eigenvalue weighted by molar-refractivity contribution is 5.35. The Labute approximate surface area is 111 Å². The Morgan fingerprint density at radius 2 is 1.95 bits per heavy atom. The Kier molecular flexibility index (Phi) is 3.17. The van der Waals surface area contributed by atoms with Crippen LogP contribution in [0.4, 0.5) is 0 Å². The minimum atomic E-state index is -0.0793. The number of hydrogen-bond donors (Lipinski definition) is 2. The number of rotatable bonds is 3. The van der Waals surface area contributed by atoms with Gasteiger partial charge in [0.15, 0.2) is 0 Å². The van der Waals surface area contributed by atoms with Gasteiger partial charge in [-0.3, -0.25) is 4.79 Å². The summed E-state index contributed by atoms with van der Waals surface area (Å²) in [5, 5.41) is 0. The van der Waals surface area contributed by atoms with Crippen LogP contribution in [0.5, 0.6) is 0 Å². The zero-order chi connectivity index (χ0) is 13.2. The summed E-state index contributed by atoms with van der Waals surface area (Å²) >= 11 is 0. The van der Waals surface area contributed by atoms with Crippen molar-refractivity contribution in [3.8, 4) is 0 Å². The Morgan fingerprint density at radius 3 is 2.58 bits per heavy atom. The van der Waals surface area contributed by atoms with Crippen LogP contribution >= 0.6 is 0 Å². The van der Waals surface area contributed by atoms with Crippen LogP contribution in [0, 0.1) is 0 Å². The summed E-state index contributed by atoms with van der Waals surface area (Å²) in [4.78, 5) is 19.1. The van der Waals surface area contributed by atoms with Gasteiger partial charge < -0.3 is 10.7 Å². The number of nitrogens with two attached hydrogens (primary N) is 1. The number of aromatic amines is 1. The van der Waals surface area contributed by atoms with E-state index in [2.05, 4.69) is 34.2 Å². The fourth-order valence-electron chi connectivity index (χ4n) is 2.75. The third-order valence-corrected chi connectivity index (χ3v) is 3.65. The highest BCUT2D eigenvalue weighted by Crippen LogP contribution is 2.31. The molecule has 98 valence electrons. The molecule has 0 bridgehead atoms. The Morgan fingerprint density at radius 1 is 1.26 bits per heavy atom. The van der Waals surface area contributed by atoms with Gasteiger partial charge in [0.1, 0.15) is 5.82 Å². The fraction of sp³-hybridized carbons (Fsp3) is 0.333. The van der Waals surface area contributed by atoms with Crippen LogP contribution in [0.2, 0.25) is 0 Å². The molecule has 0 aliphatic heterocycles. The smallest absolute Gasteiger partial charge is 0.251 e. The predicted octanol–water partition coefficient (Wildman–Crippen LogP) is 1.15. The van der Waals surface area contributed by atoms with Crippen LogP contribution < -0.4 is 11.3 Å². The first kappa shape index (κ1) is 12.1. The molecule has 19 heavy (non-hydrogen) atoms. The molecule has 1 aliphatic carbocycles. The molecule has 0 fully saturated rings. The first-order valence-electron chi connectivity index (χ1n) is 6.63. The second-order valence-electron chi connectivity index (χ2n) is 5.03. The van der Waals surface area contributed by atoms with Crippen LogP contribution in [0.15, 0.2) is 35.1 Å². The lowest BCUT2D eigenvalue weighted by Gasteiger charge is -2.09. The van der Waals surface area contributed by atoms with Crippen molar-refractivity contribution in [2.45, 2.75) is 25.2 Å². The first-order chi connectivity index (χ1) is 9.26. The van der Waals surface area contributed by atoms with Gasteiger partial charge in [-0.25, -0.2) is 4.98 Å². The van der Waals surface area contributed by atoms with Gasteiger partial charge in [0.05, 0.1) is 0 Å². The van der Waals surface area contributed by atoms with E-state index in [-0.39, 0.29) is 11.5 Å². The van der Waals surface area contributed by atoms with Gasteiger partial charge in [-0.15, -0.1) is 0 Å². The molecule has 1 heterocycles. The molecule has 1 aliphatic rings. The quantitative estimate of drug-likeness (QED) is 0.864. The Bertz CT molecular complexity index is 623. The second-order valence-corrected chi connectivity index (χ2v) is 5.03. The average Bonchev–Trinajstić information content (AvgIpc) is 2.82. The van der Waals surface area contributed by atoms with E-state index < -0.39 is 0 Å². The van der Waals surface area contributed by atoms with E-state index in [9.17, 15) is 4.79 Å². The summed E-state index contributed by atoms with van der Waals surface area (Å²) in [6, 6.07) is 9.96. The number of fused-ring (bicyclic) bond motifs is 1. The van der Waals surface area contributed by atoms with E-state index in [4.69, 9.17) is 5.73 Å². The molecular formula is C15H17N3O. The number of aromatic nitrogens is 2. The molecule has 1 aromatic heterocycles. The van der Waals surface area contributed by atoms with Crippen molar-refractivity contribution in [2.75, 3.05) is 6.54 Å². The van der Waals surface area contributed by atoms with E-state index in [1.54, 1.807) is 6.07 Å². The van der Waals surface area contributed by atoms with Crippen molar-refractivity contribution in [3.05, 3.63) is 63.3 Å². The van der Waals surface area contributed by atoms with Crippen LogP contribution in [0.3, 0.4) is 0 Å². The molecule has 0 unspecified atom stereocenters. The predicted molar refractivity (Wildman–Crippen MR) is 74.2 cm³/mol. The molecule has 3 N–H and O–H groups in total. The molecule has 0 saturated carbocycles. The molecule has 2 aromatic rings. The maximum absolute atomic E-state index is 11.7. The van der Waals surface area contributed by atoms with Crippen molar-refractivity contribution >= 4 is 0 Å². The van der Waals surface area contributed by atoms with Gasteiger partial charge in [-0.1, -0.05) is 24.3 Å². The Hall–Kier alpha value is -1.94. The number of benzene rings is 1. The van der Waals surface area contributed by atoms with Crippen molar-refractivity contribution in [1.29, 1.82) is 0 Å². The lowest BCUT2D eigenvalue weighted by molar-refractivity contribution is 0.668. The highest BCUT2D eigenvalue weighted by Gasteiger charge is 2.24. The molecule has 0 radical (unpaired) electrons. The normalized spacial score (nSPS) is 14.6. The summed E-state index contributed by atoms with van der Waals surface area (Å²) in [5.74, 6) is 1.08. The zero-order valence-electron chi connectivity index (χ0n) is 10.7. The molecule has 0 spiro atoms. The molecule has 4 heteroatoms. The maximum atomic E-state index is 11.7. The first-order valence-corrected chi connectivity index (χ1v) is 6.63. The lowest BCUT2D eigenvalue weighted by atomic mass is 10.1. The van der Waals surface area contributed by atoms with Crippen LogP contribution in [0.1, 0.15) is 28.6 Å². The van der Waals surface area contributed by atoms with Crippen LogP contribution in [-0.4, -0.2) is 16.5 Å². The number of nitrogens with zero attached hydrogens (tertiary/aromatic N) is 1. The molecule has 0 amide bonds. The molecule has 4 nitrogen and oxygen atoms in total. The summed E-state index contributed by atoms with van der Waals surface area (Å²) in [6.07, 6.45) is 2.55. The molecule has 0 atom stereocenters. The van der Waals surface area contributed by atoms with Crippen molar-refractivity contribution in [1.82, 2.24) is 9.97 Å². The average molecular weight is 255 g/mol. The SMILES string of the molecule is NCCc1cc(=O)[nH]c(C2Cc3ccccc3C2)n1. The topological polar surface area (TPSA) is 71.8 Å². The number of hydrogen-bond acceptors (Lipinski definition) is 3. The standard InChI is InChI=1S/C15H17N3O/c16-6-5-13-9-14(19)18-15(17-13)12-7-10-3-1-2-4-11(10)8-12/h1-4,9,12H,5-8,16H2,(H,17,18,19). The van der Waals surface area contributed by atoms with E-state index >= 15 is 0 Å². The zero-order valence-corrected chi connectivity index (χ0v) is 10.7. The van der Waals surface area contributed by atoms with Gasteiger partial charge in [0.2, 0.25) is 0 Å². The second kappa shape index (κ2) is 4.97. The van der Waals surface area contributed by atoms with Gasteiger partial charge in [-0.2, -0.15) is 0 Å². The fourth-order valence-corrected chi connectivity index (χ4v) is 2.75. The minimum Gasteiger partial charge on any atom is -0.330 e. The van der Waals surface area contributed by atoms with Crippen LogP contribution in [0.25, 0.3) is 0 Å². The Balaban J connectivity index is 1.90. The third-order valence-electron chi connectivity index (χ3n) is 3.65.